The third kappa shape index (κ3) is 2.84. The minimum atomic E-state index is -0.662. The van der Waals surface area contributed by atoms with Gasteiger partial charge < -0.3 is 14.9 Å². The van der Waals surface area contributed by atoms with Crippen LogP contribution in [0.25, 0.3) is 10.9 Å². The zero-order valence-electron chi connectivity index (χ0n) is 12.9. The molecule has 1 atom stereocenters. The molecular weight excluding hydrogens is 264 g/mol. The number of aliphatic hydroxyl groups is 1. The lowest BCUT2D eigenvalue weighted by molar-refractivity contribution is 0.0366. The maximum absolute atomic E-state index is 10.7. The highest BCUT2D eigenvalue weighted by atomic mass is 16.3. The first kappa shape index (κ1) is 14.2. The van der Waals surface area contributed by atoms with Crippen molar-refractivity contribution in [2.75, 3.05) is 38.6 Å². The number of rotatable bonds is 3. The smallest absolute Gasteiger partial charge is 0.139 e. The monoisotopic (exact) mass is 286 g/mol. The first-order valence-electron chi connectivity index (χ1n) is 7.30. The van der Waals surface area contributed by atoms with E-state index in [2.05, 4.69) is 33.9 Å². The first-order valence-corrected chi connectivity index (χ1v) is 7.30. The van der Waals surface area contributed by atoms with Crippen LogP contribution in [-0.4, -0.2) is 59.3 Å². The predicted octanol–water partition coefficient (Wildman–Crippen LogP) is 1.44. The molecule has 5 heteroatoms. The highest BCUT2D eigenvalue weighted by molar-refractivity contribution is 5.90. The van der Waals surface area contributed by atoms with Gasteiger partial charge in [-0.2, -0.15) is 0 Å². The van der Waals surface area contributed by atoms with Crippen LogP contribution in [0.4, 0.5) is 5.82 Å². The molecular formula is C16H22N4O. The van der Waals surface area contributed by atoms with E-state index in [4.69, 9.17) is 0 Å². The third-order valence-electron chi connectivity index (χ3n) is 4.01. The molecule has 1 aliphatic heterocycles. The fourth-order valence-electron chi connectivity index (χ4n) is 3.16. The Morgan fingerprint density at radius 1 is 1.33 bits per heavy atom. The van der Waals surface area contributed by atoms with Gasteiger partial charge in [0.05, 0.1) is 11.1 Å². The maximum Gasteiger partial charge on any atom is 0.139 e. The SMILES string of the molecule is Cc1ccc2ncnc(N3CCC(O)(CN(C)C)C3)c2c1. The molecule has 0 aliphatic carbocycles. The fourth-order valence-corrected chi connectivity index (χ4v) is 3.16. The van der Waals surface area contributed by atoms with Gasteiger partial charge in [-0.15, -0.1) is 0 Å². The fraction of sp³-hybridized carbons (Fsp3) is 0.500. The van der Waals surface area contributed by atoms with Crippen LogP contribution in [0.2, 0.25) is 0 Å². The molecule has 1 saturated heterocycles. The lowest BCUT2D eigenvalue weighted by Crippen LogP contribution is -2.42. The Kier molecular flexibility index (Phi) is 3.55. The lowest BCUT2D eigenvalue weighted by Gasteiger charge is -2.27. The first-order chi connectivity index (χ1) is 9.97. The lowest BCUT2D eigenvalue weighted by atomic mass is 10.0. The van der Waals surface area contributed by atoms with Gasteiger partial charge >= 0.3 is 0 Å². The van der Waals surface area contributed by atoms with Crippen molar-refractivity contribution in [3.63, 3.8) is 0 Å². The standard InChI is InChI=1S/C16H22N4O/c1-12-4-5-14-13(8-12)15(18-11-17-14)20-7-6-16(21,10-20)9-19(2)3/h4-5,8,11,21H,6-7,9-10H2,1-3H3. The summed E-state index contributed by atoms with van der Waals surface area (Å²) in [5, 5.41) is 11.8. The van der Waals surface area contributed by atoms with E-state index in [9.17, 15) is 5.11 Å². The van der Waals surface area contributed by atoms with Crippen LogP contribution in [0.15, 0.2) is 24.5 Å². The molecule has 0 saturated carbocycles. The van der Waals surface area contributed by atoms with E-state index in [1.165, 1.54) is 5.56 Å². The molecule has 2 aromatic rings. The van der Waals surface area contributed by atoms with Crippen LogP contribution in [0.1, 0.15) is 12.0 Å². The number of anilines is 1. The number of β-amino-alcohol motifs (C(OH)–C–C–N with tert-alkyl or cyclic N) is 1. The molecule has 112 valence electrons. The van der Waals surface area contributed by atoms with E-state index in [0.717, 1.165) is 29.7 Å². The van der Waals surface area contributed by atoms with Crippen LogP contribution < -0.4 is 4.90 Å². The molecule has 0 amide bonds. The van der Waals surface area contributed by atoms with Crippen LogP contribution in [0.3, 0.4) is 0 Å². The summed E-state index contributed by atoms with van der Waals surface area (Å²) in [6.45, 7) is 4.18. The minimum Gasteiger partial charge on any atom is -0.387 e. The van der Waals surface area contributed by atoms with Crippen LogP contribution in [0, 0.1) is 6.92 Å². The van der Waals surface area contributed by atoms with Crippen molar-refractivity contribution in [3.05, 3.63) is 30.1 Å². The second-order valence-electron chi connectivity index (χ2n) is 6.35. The summed E-state index contributed by atoms with van der Waals surface area (Å²) >= 11 is 0. The summed E-state index contributed by atoms with van der Waals surface area (Å²) in [6, 6.07) is 6.21. The van der Waals surface area contributed by atoms with Crippen molar-refractivity contribution < 1.29 is 5.11 Å². The van der Waals surface area contributed by atoms with E-state index in [1.807, 2.05) is 25.1 Å². The largest absolute Gasteiger partial charge is 0.387 e. The molecule has 1 aromatic carbocycles. The summed E-state index contributed by atoms with van der Waals surface area (Å²) in [6.07, 6.45) is 2.37. The van der Waals surface area contributed by atoms with Crippen LogP contribution in [0.5, 0.6) is 0 Å². The van der Waals surface area contributed by atoms with E-state index in [0.29, 0.717) is 13.1 Å². The Morgan fingerprint density at radius 2 is 2.14 bits per heavy atom. The van der Waals surface area contributed by atoms with Crippen LogP contribution in [-0.2, 0) is 0 Å². The van der Waals surface area contributed by atoms with Crippen molar-refractivity contribution in [1.82, 2.24) is 14.9 Å². The number of likely N-dealkylation sites (N-methyl/N-ethyl adjacent to an activating group) is 1. The van der Waals surface area contributed by atoms with Gasteiger partial charge in [0.1, 0.15) is 12.1 Å². The minimum absolute atomic E-state index is 0.616. The quantitative estimate of drug-likeness (QED) is 0.925. The van der Waals surface area contributed by atoms with Crippen molar-refractivity contribution in [2.45, 2.75) is 18.9 Å². The number of aryl methyl sites for hydroxylation is 1. The average Bonchev–Trinajstić information content (AvgIpc) is 2.79. The van der Waals surface area contributed by atoms with Gasteiger partial charge in [-0.1, -0.05) is 11.6 Å². The summed E-state index contributed by atoms with van der Waals surface area (Å²) in [7, 11) is 3.98. The Hall–Kier alpha value is -1.72. The normalized spacial score (nSPS) is 22.4. The molecule has 1 aliphatic rings. The van der Waals surface area contributed by atoms with Gasteiger partial charge in [0.25, 0.3) is 0 Å². The third-order valence-corrected chi connectivity index (χ3v) is 4.01. The molecule has 1 fully saturated rings. The van der Waals surface area contributed by atoms with Gasteiger partial charge in [-0.25, -0.2) is 9.97 Å². The summed E-state index contributed by atoms with van der Waals surface area (Å²) in [4.78, 5) is 13.0. The summed E-state index contributed by atoms with van der Waals surface area (Å²) in [5.41, 5.74) is 1.49. The van der Waals surface area contributed by atoms with E-state index in [-0.39, 0.29) is 0 Å². The number of hydrogen-bond donors (Lipinski definition) is 1. The molecule has 0 spiro atoms. The van der Waals surface area contributed by atoms with Crippen molar-refractivity contribution >= 4 is 16.7 Å². The average molecular weight is 286 g/mol. The molecule has 1 aromatic heterocycles. The second kappa shape index (κ2) is 5.24. The van der Waals surface area contributed by atoms with E-state index >= 15 is 0 Å². The molecule has 1 N–H and O–H groups in total. The highest BCUT2D eigenvalue weighted by Gasteiger charge is 2.37. The predicted molar refractivity (Wildman–Crippen MR) is 84.6 cm³/mol. The van der Waals surface area contributed by atoms with E-state index < -0.39 is 5.60 Å². The Morgan fingerprint density at radius 3 is 2.90 bits per heavy atom. The van der Waals surface area contributed by atoms with Gasteiger partial charge in [0.2, 0.25) is 0 Å². The molecule has 0 bridgehead atoms. The maximum atomic E-state index is 10.7. The van der Waals surface area contributed by atoms with Crippen molar-refractivity contribution in [2.24, 2.45) is 0 Å². The van der Waals surface area contributed by atoms with Crippen molar-refractivity contribution in [1.29, 1.82) is 0 Å². The van der Waals surface area contributed by atoms with E-state index in [1.54, 1.807) is 6.33 Å². The second-order valence-corrected chi connectivity index (χ2v) is 6.35. The number of fused-ring (bicyclic) bond motifs is 1. The molecule has 3 rings (SSSR count). The number of aromatic nitrogens is 2. The molecule has 1 unspecified atom stereocenters. The highest BCUT2D eigenvalue weighted by Crippen LogP contribution is 2.30. The summed E-state index contributed by atoms with van der Waals surface area (Å²) in [5.74, 6) is 0.929. The van der Waals surface area contributed by atoms with Crippen molar-refractivity contribution in [3.8, 4) is 0 Å². The number of benzene rings is 1. The van der Waals surface area contributed by atoms with Crippen LogP contribution >= 0.6 is 0 Å². The molecule has 2 heterocycles. The number of nitrogens with zero attached hydrogens (tertiary/aromatic N) is 4. The van der Waals surface area contributed by atoms with Gasteiger partial charge in [0.15, 0.2) is 0 Å². The van der Waals surface area contributed by atoms with Gasteiger partial charge in [-0.3, -0.25) is 0 Å². The molecule has 21 heavy (non-hydrogen) atoms. The number of hydrogen-bond acceptors (Lipinski definition) is 5. The van der Waals surface area contributed by atoms with Gasteiger partial charge in [-0.05, 0) is 39.6 Å². The zero-order valence-corrected chi connectivity index (χ0v) is 12.9. The molecule has 0 radical (unpaired) electrons. The molecule has 5 nitrogen and oxygen atoms in total. The topological polar surface area (TPSA) is 52.5 Å². The Labute approximate surface area is 125 Å². The summed E-state index contributed by atoms with van der Waals surface area (Å²) < 4.78 is 0. The zero-order chi connectivity index (χ0) is 15.0. The Bertz CT molecular complexity index is 658. The Balaban J connectivity index is 1.93. The van der Waals surface area contributed by atoms with Gasteiger partial charge in [0, 0.05) is 25.0 Å².